The molecule has 2 aromatic carbocycles. The summed E-state index contributed by atoms with van der Waals surface area (Å²) in [7, 11) is 0. The lowest BCUT2D eigenvalue weighted by Gasteiger charge is -2.25. The number of hydrogen-bond donors (Lipinski definition) is 1. The summed E-state index contributed by atoms with van der Waals surface area (Å²) in [6, 6.07) is 12.9. The fourth-order valence-electron chi connectivity index (χ4n) is 3.55. The highest BCUT2D eigenvalue weighted by molar-refractivity contribution is 7.22. The van der Waals surface area contributed by atoms with Crippen molar-refractivity contribution in [1.82, 2.24) is 10.1 Å². The van der Waals surface area contributed by atoms with Crippen LogP contribution < -0.4 is 10.2 Å². The van der Waals surface area contributed by atoms with Crippen molar-refractivity contribution in [3.8, 4) is 11.3 Å². The Labute approximate surface area is 187 Å². The van der Waals surface area contributed by atoms with Gasteiger partial charge in [-0.15, -0.1) is 0 Å². The zero-order chi connectivity index (χ0) is 21.4. The van der Waals surface area contributed by atoms with Crippen LogP contribution in [0.1, 0.15) is 16.1 Å². The van der Waals surface area contributed by atoms with Crippen molar-refractivity contribution in [2.75, 3.05) is 36.5 Å². The highest BCUT2D eigenvalue weighted by Gasteiger charge is 2.23. The summed E-state index contributed by atoms with van der Waals surface area (Å²) >= 11 is 7.91. The molecule has 9 heteroatoms. The number of fused-ring (bicyclic) bond motifs is 1. The van der Waals surface area contributed by atoms with Crippen LogP contribution in [0.15, 0.2) is 47.0 Å². The Morgan fingerprint density at radius 1 is 1.19 bits per heavy atom. The maximum absolute atomic E-state index is 13.1. The minimum absolute atomic E-state index is 0.300. The van der Waals surface area contributed by atoms with Gasteiger partial charge < -0.3 is 19.5 Å². The predicted molar refractivity (Wildman–Crippen MR) is 122 cm³/mol. The van der Waals surface area contributed by atoms with Crippen LogP contribution in [0.25, 0.3) is 21.5 Å². The first-order valence-corrected chi connectivity index (χ1v) is 11.1. The molecule has 0 bridgehead atoms. The summed E-state index contributed by atoms with van der Waals surface area (Å²) in [6.45, 7) is 4.80. The predicted octanol–water partition coefficient (Wildman–Crippen LogP) is 5.00. The van der Waals surface area contributed by atoms with Crippen LogP contribution in [0, 0.1) is 6.92 Å². The molecule has 1 amide bonds. The van der Waals surface area contributed by atoms with E-state index in [1.54, 1.807) is 24.3 Å². The average Bonchev–Trinajstić information content (AvgIpc) is 3.38. The number of carbonyl (C=O) groups excluding carboxylic acids is 1. The molecule has 1 N–H and O–H groups in total. The van der Waals surface area contributed by atoms with Gasteiger partial charge in [-0.3, -0.25) is 4.79 Å². The maximum atomic E-state index is 13.1. The lowest BCUT2D eigenvalue weighted by molar-refractivity contribution is 0.102. The highest BCUT2D eigenvalue weighted by Crippen LogP contribution is 2.33. The van der Waals surface area contributed by atoms with Gasteiger partial charge in [-0.25, -0.2) is 4.98 Å². The largest absolute Gasteiger partial charge is 0.378 e. The molecule has 31 heavy (non-hydrogen) atoms. The Kier molecular flexibility index (Phi) is 5.35. The van der Waals surface area contributed by atoms with Crippen LogP contribution in [0.2, 0.25) is 5.02 Å². The van der Waals surface area contributed by atoms with Crippen LogP contribution in [0.5, 0.6) is 0 Å². The third kappa shape index (κ3) is 3.89. The number of aromatic nitrogens is 2. The molecule has 7 nitrogen and oxygen atoms in total. The quantitative estimate of drug-likeness (QED) is 0.467. The van der Waals surface area contributed by atoms with E-state index in [0.717, 1.165) is 28.4 Å². The van der Waals surface area contributed by atoms with E-state index in [4.69, 9.17) is 25.8 Å². The van der Waals surface area contributed by atoms with Gasteiger partial charge in [-0.05, 0) is 31.2 Å². The highest BCUT2D eigenvalue weighted by atomic mass is 35.5. The molecule has 0 spiro atoms. The number of ether oxygens (including phenoxy) is 1. The number of hydrogen-bond acceptors (Lipinski definition) is 7. The fourth-order valence-corrected chi connectivity index (χ4v) is 4.83. The van der Waals surface area contributed by atoms with Crippen LogP contribution in [-0.4, -0.2) is 42.4 Å². The number of thiazole rings is 1. The molecule has 3 heterocycles. The minimum Gasteiger partial charge on any atom is -0.378 e. The van der Waals surface area contributed by atoms with E-state index in [0.29, 0.717) is 46.5 Å². The van der Waals surface area contributed by atoms with Gasteiger partial charge in [0.05, 0.1) is 28.5 Å². The molecule has 1 saturated heterocycles. The van der Waals surface area contributed by atoms with Gasteiger partial charge in [0.15, 0.2) is 5.13 Å². The fraction of sp³-hybridized carbons (Fsp3) is 0.227. The Morgan fingerprint density at radius 3 is 2.81 bits per heavy atom. The third-order valence-corrected chi connectivity index (χ3v) is 6.54. The minimum atomic E-state index is -0.300. The molecular weight excluding hydrogens is 436 g/mol. The normalized spacial score (nSPS) is 14.2. The SMILES string of the molecule is Cc1onc(-c2ccccc2Cl)c1C(=O)Nc1ccc2nc(N3CCOCC3)sc2c1. The van der Waals surface area contributed by atoms with Crippen LogP contribution in [-0.2, 0) is 4.74 Å². The number of anilines is 2. The number of morpholine rings is 1. The van der Waals surface area contributed by atoms with Gasteiger partial charge >= 0.3 is 0 Å². The first-order valence-electron chi connectivity index (χ1n) is 9.86. The number of nitrogens with zero attached hydrogens (tertiary/aromatic N) is 3. The first kappa shape index (κ1) is 20.0. The van der Waals surface area contributed by atoms with E-state index >= 15 is 0 Å². The number of rotatable bonds is 4. The summed E-state index contributed by atoms with van der Waals surface area (Å²) in [5, 5.41) is 8.51. The molecule has 1 aliphatic heterocycles. The monoisotopic (exact) mass is 454 g/mol. The van der Waals surface area contributed by atoms with E-state index < -0.39 is 0 Å². The Morgan fingerprint density at radius 2 is 2.00 bits per heavy atom. The number of halogens is 1. The Bertz CT molecular complexity index is 1260. The van der Waals surface area contributed by atoms with Crippen molar-refractivity contribution in [2.45, 2.75) is 6.92 Å². The van der Waals surface area contributed by atoms with Gasteiger partial charge in [0.1, 0.15) is 17.0 Å². The van der Waals surface area contributed by atoms with Crippen molar-refractivity contribution in [1.29, 1.82) is 0 Å². The molecule has 1 aliphatic rings. The second-order valence-electron chi connectivity index (χ2n) is 7.17. The standard InChI is InChI=1S/C22H19ClN4O3S/c1-13-19(20(26-30-13)15-4-2-3-5-16(15)23)21(28)24-14-6-7-17-18(12-14)31-22(25-17)27-8-10-29-11-9-27/h2-7,12H,8-11H2,1H3,(H,24,28). The van der Waals surface area contributed by atoms with Crippen LogP contribution in [0.4, 0.5) is 10.8 Å². The van der Waals surface area contributed by atoms with E-state index in [9.17, 15) is 4.79 Å². The lowest BCUT2D eigenvalue weighted by atomic mass is 10.1. The zero-order valence-electron chi connectivity index (χ0n) is 16.7. The van der Waals surface area contributed by atoms with Gasteiger partial charge in [0, 0.05) is 24.3 Å². The second-order valence-corrected chi connectivity index (χ2v) is 8.59. The smallest absolute Gasteiger partial charge is 0.261 e. The van der Waals surface area contributed by atoms with Crippen molar-refractivity contribution in [3.05, 3.63) is 58.8 Å². The number of carbonyl (C=O) groups is 1. The van der Waals surface area contributed by atoms with E-state index in [1.165, 1.54) is 0 Å². The molecule has 0 atom stereocenters. The van der Waals surface area contributed by atoms with Crippen molar-refractivity contribution in [3.63, 3.8) is 0 Å². The van der Waals surface area contributed by atoms with Crippen molar-refractivity contribution >= 4 is 49.9 Å². The molecule has 2 aromatic heterocycles. The lowest BCUT2D eigenvalue weighted by Crippen LogP contribution is -2.36. The maximum Gasteiger partial charge on any atom is 0.261 e. The molecule has 0 aliphatic carbocycles. The van der Waals surface area contributed by atoms with E-state index in [2.05, 4.69) is 15.4 Å². The summed E-state index contributed by atoms with van der Waals surface area (Å²) in [5.41, 5.74) is 3.03. The average molecular weight is 455 g/mol. The summed E-state index contributed by atoms with van der Waals surface area (Å²) < 4.78 is 11.7. The molecule has 1 fully saturated rings. The summed E-state index contributed by atoms with van der Waals surface area (Å²) in [6.07, 6.45) is 0. The van der Waals surface area contributed by atoms with E-state index in [1.807, 2.05) is 36.4 Å². The molecule has 0 unspecified atom stereocenters. The summed E-state index contributed by atoms with van der Waals surface area (Å²) in [4.78, 5) is 20.0. The third-order valence-electron chi connectivity index (χ3n) is 5.14. The van der Waals surface area contributed by atoms with Gasteiger partial charge in [-0.1, -0.05) is 46.3 Å². The first-order chi connectivity index (χ1) is 15.1. The van der Waals surface area contributed by atoms with Gasteiger partial charge in [0.25, 0.3) is 5.91 Å². The molecule has 158 valence electrons. The molecule has 0 saturated carbocycles. The van der Waals surface area contributed by atoms with E-state index in [-0.39, 0.29) is 5.91 Å². The van der Waals surface area contributed by atoms with Gasteiger partial charge in [0.2, 0.25) is 0 Å². The number of amides is 1. The van der Waals surface area contributed by atoms with Crippen molar-refractivity contribution < 1.29 is 14.1 Å². The molecule has 0 radical (unpaired) electrons. The molecular formula is C22H19ClN4O3S. The van der Waals surface area contributed by atoms with Crippen molar-refractivity contribution in [2.24, 2.45) is 0 Å². The Balaban J connectivity index is 1.42. The topological polar surface area (TPSA) is 80.5 Å². The number of aryl methyl sites for hydroxylation is 1. The molecule has 4 aromatic rings. The Hall–Kier alpha value is -2.94. The number of benzene rings is 2. The van der Waals surface area contributed by atoms with Gasteiger partial charge in [-0.2, -0.15) is 0 Å². The molecule has 5 rings (SSSR count). The number of nitrogens with one attached hydrogen (secondary N) is 1. The van der Waals surface area contributed by atoms with Crippen LogP contribution >= 0.6 is 22.9 Å². The van der Waals surface area contributed by atoms with Crippen LogP contribution in [0.3, 0.4) is 0 Å². The second kappa shape index (κ2) is 8.30. The summed E-state index contributed by atoms with van der Waals surface area (Å²) in [5.74, 6) is 0.131. The zero-order valence-corrected chi connectivity index (χ0v) is 18.3.